The van der Waals surface area contributed by atoms with Crippen LogP contribution >= 0.6 is 0 Å². The summed E-state index contributed by atoms with van der Waals surface area (Å²) in [6.45, 7) is 7.68. The zero-order valence-electron chi connectivity index (χ0n) is 15.2. The van der Waals surface area contributed by atoms with Gasteiger partial charge in [0, 0.05) is 26.8 Å². The second kappa shape index (κ2) is 8.16. The van der Waals surface area contributed by atoms with Crippen molar-refractivity contribution in [2.24, 2.45) is 5.92 Å². The number of amides is 2. The maximum atomic E-state index is 12.1. The second-order valence-electron chi connectivity index (χ2n) is 7.54. The summed E-state index contributed by atoms with van der Waals surface area (Å²) >= 11 is 0. The standard InChI is InChI=1S/C17H30N2O5/c1-17(2,3)24-16(21)19-8-5-12(6-9-19)15-13(7-10-23-15)18-14(20)11-22-4/h12-13,15H,5-11H2,1-4H3,(H,18,20)/t13-,15+/m1/s1. The van der Waals surface area contributed by atoms with E-state index in [9.17, 15) is 9.59 Å². The third kappa shape index (κ3) is 5.34. The fourth-order valence-corrected chi connectivity index (χ4v) is 3.35. The van der Waals surface area contributed by atoms with Crippen molar-refractivity contribution in [3.8, 4) is 0 Å². The zero-order valence-corrected chi connectivity index (χ0v) is 15.2. The van der Waals surface area contributed by atoms with Gasteiger partial charge in [-0.25, -0.2) is 4.79 Å². The molecule has 2 rings (SSSR count). The molecular formula is C17H30N2O5. The Labute approximate surface area is 144 Å². The predicted molar refractivity (Wildman–Crippen MR) is 88.7 cm³/mol. The molecule has 2 aliphatic rings. The Hall–Kier alpha value is -1.34. The molecule has 0 bridgehead atoms. The van der Waals surface area contributed by atoms with Gasteiger partial charge >= 0.3 is 6.09 Å². The van der Waals surface area contributed by atoms with E-state index in [2.05, 4.69) is 5.32 Å². The molecule has 0 spiro atoms. The molecule has 0 aromatic rings. The Morgan fingerprint density at radius 2 is 1.88 bits per heavy atom. The first-order valence-corrected chi connectivity index (χ1v) is 8.68. The quantitative estimate of drug-likeness (QED) is 0.839. The first-order valence-electron chi connectivity index (χ1n) is 8.68. The molecule has 2 amide bonds. The highest BCUT2D eigenvalue weighted by Crippen LogP contribution is 2.30. The highest BCUT2D eigenvalue weighted by molar-refractivity contribution is 5.77. The van der Waals surface area contributed by atoms with Crippen molar-refractivity contribution in [3.63, 3.8) is 0 Å². The van der Waals surface area contributed by atoms with Crippen LogP contribution < -0.4 is 5.32 Å². The van der Waals surface area contributed by atoms with E-state index in [-0.39, 0.29) is 30.8 Å². The summed E-state index contributed by atoms with van der Waals surface area (Å²) in [7, 11) is 1.51. The van der Waals surface area contributed by atoms with E-state index in [1.807, 2.05) is 20.8 Å². The predicted octanol–water partition coefficient (Wildman–Crippen LogP) is 1.55. The van der Waals surface area contributed by atoms with E-state index in [1.165, 1.54) is 7.11 Å². The molecule has 0 aliphatic carbocycles. The second-order valence-corrected chi connectivity index (χ2v) is 7.54. The topological polar surface area (TPSA) is 77.1 Å². The van der Waals surface area contributed by atoms with Crippen molar-refractivity contribution >= 4 is 12.0 Å². The number of likely N-dealkylation sites (tertiary alicyclic amines) is 1. The first-order chi connectivity index (χ1) is 11.3. The van der Waals surface area contributed by atoms with Crippen molar-refractivity contribution in [2.45, 2.75) is 57.8 Å². The zero-order chi connectivity index (χ0) is 17.7. The van der Waals surface area contributed by atoms with Gasteiger partial charge in [0.05, 0.1) is 12.1 Å². The molecule has 0 aromatic carbocycles. The average molecular weight is 342 g/mol. The molecule has 7 heteroatoms. The van der Waals surface area contributed by atoms with Crippen LogP contribution in [0.5, 0.6) is 0 Å². The number of nitrogens with one attached hydrogen (secondary N) is 1. The summed E-state index contributed by atoms with van der Waals surface area (Å²) in [6.07, 6.45) is 2.32. The lowest BCUT2D eigenvalue weighted by Gasteiger charge is -2.36. The van der Waals surface area contributed by atoms with E-state index in [4.69, 9.17) is 14.2 Å². The Morgan fingerprint density at radius 3 is 2.46 bits per heavy atom. The van der Waals surface area contributed by atoms with E-state index >= 15 is 0 Å². The molecule has 2 fully saturated rings. The number of ether oxygens (including phenoxy) is 3. The van der Waals surface area contributed by atoms with Crippen molar-refractivity contribution in [3.05, 3.63) is 0 Å². The number of carbonyl (C=O) groups excluding carboxylic acids is 2. The van der Waals surface area contributed by atoms with Crippen LogP contribution in [0.15, 0.2) is 0 Å². The molecule has 138 valence electrons. The van der Waals surface area contributed by atoms with Crippen molar-refractivity contribution in [2.75, 3.05) is 33.4 Å². The molecule has 0 radical (unpaired) electrons. The van der Waals surface area contributed by atoms with Crippen LogP contribution in [0, 0.1) is 5.92 Å². The summed E-state index contributed by atoms with van der Waals surface area (Å²) in [5.74, 6) is 0.239. The van der Waals surface area contributed by atoms with Crippen LogP contribution in [0.2, 0.25) is 0 Å². The number of nitrogens with zero attached hydrogens (tertiary/aromatic N) is 1. The van der Waals surface area contributed by atoms with Gasteiger partial charge in [-0.3, -0.25) is 4.79 Å². The molecule has 2 aliphatic heterocycles. The minimum Gasteiger partial charge on any atom is -0.444 e. The normalized spacial score (nSPS) is 25.6. The fourth-order valence-electron chi connectivity index (χ4n) is 3.35. The maximum absolute atomic E-state index is 12.1. The lowest BCUT2D eigenvalue weighted by molar-refractivity contribution is -0.126. The van der Waals surface area contributed by atoms with Crippen LogP contribution in [-0.4, -0.2) is 68.1 Å². The van der Waals surface area contributed by atoms with E-state index in [0.29, 0.717) is 25.6 Å². The fraction of sp³-hybridized carbons (Fsp3) is 0.882. The van der Waals surface area contributed by atoms with Gasteiger partial charge in [-0.15, -0.1) is 0 Å². The third-order valence-corrected chi connectivity index (χ3v) is 4.41. The van der Waals surface area contributed by atoms with Crippen LogP contribution in [0.1, 0.15) is 40.0 Å². The molecule has 0 aromatic heterocycles. The number of hydrogen-bond donors (Lipinski definition) is 1. The molecule has 24 heavy (non-hydrogen) atoms. The summed E-state index contributed by atoms with van der Waals surface area (Å²) in [6, 6.07) is 0.0331. The summed E-state index contributed by atoms with van der Waals surface area (Å²) < 4.78 is 16.2. The minimum absolute atomic E-state index is 0.0200. The van der Waals surface area contributed by atoms with Crippen molar-refractivity contribution in [1.82, 2.24) is 10.2 Å². The molecule has 1 N–H and O–H groups in total. The smallest absolute Gasteiger partial charge is 0.410 e. The molecule has 2 heterocycles. The lowest BCUT2D eigenvalue weighted by atomic mass is 9.87. The largest absolute Gasteiger partial charge is 0.444 e. The number of hydrogen-bond acceptors (Lipinski definition) is 5. The van der Waals surface area contributed by atoms with Crippen LogP contribution in [0.4, 0.5) is 4.79 Å². The van der Waals surface area contributed by atoms with Crippen molar-refractivity contribution in [1.29, 1.82) is 0 Å². The molecular weight excluding hydrogens is 312 g/mol. The van der Waals surface area contributed by atoms with Gasteiger partial charge in [0.2, 0.25) is 5.91 Å². The van der Waals surface area contributed by atoms with Gasteiger partial charge < -0.3 is 24.4 Å². The molecule has 0 unspecified atom stereocenters. The third-order valence-electron chi connectivity index (χ3n) is 4.41. The van der Waals surface area contributed by atoms with Gasteiger partial charge in [0.1, 0.15) is 12.2 Å². The van der Waals surface area contributed by atoms with E-state index in [0.717, 1.165) is 19.3 Å². The van der Waals surface area contributed by atoms with Crippen LogP contribution in [-0.2, 0) is 19.0 Å². The Kier molecular flexibility index (Phi) is 6.46. The molecule has 2 atom stereocenters. The van der Waals surface area contributed by atoms with E-state index < -0.39 is 5.60 Å². The summed E-state index contributed by atoms with van der Waals surface area (Å²) in [4.78, 5) is 25.6. The van der Waals surface area contributed by atoms with Gasteiger partial charge in [0.25, 0.3) is 0 Å². The molecule has 2 saturated heterocycles. The number of piperidine rings is 1. The highest BCUT2D eigenvalue weighted by Gasteiger charge is 2.38. The van der Waals surface area contributed by atoms with E-state index in [1.54, 1.807) is 4.90 Å². The first kappa shape index (κ1) is 19.0. The summed E-state index contributed by atoms with van der Waals surface area (Å²) in [5, 5.41) is 3.00. The minimum atomic E-state index is -0.473. The molecule has 0 saturated carbocycles. The highest BCUT2D eigenvalue weighted by atomic mass is 16.6. The Morgan fingerprint density at radius 1 is 1.21 bits per heavy atom. The van der Waals surface area contributed by atoms with Crippen LogP contribution in [0.3, 0.4) is 0 Å². The van der Waals surface area contributed by atoms with Gasteiger partial charge in [-0.1, -0.05) is 0 Å². The van der Waals surface area contributed by atoms with Gasteiger partial charge in [-0.05, 0) is 46.0 Å². The SMILES string of the molecule is COCC(=O)N[C@@H]1CCO[C@H]1C1CCN(C(=O)OC(C)(C)C)CC1. The Balaban J connectivity index is 1.82. The lowest BCUT2D eigenvalue weighted by Crippen LogP contribution is -2.49. The van der Waals surface area contributed by atoms with Crippen LogP contribution in [0.25, 0.3) is 0 Å². The summed E-state index contributed by atoms with van der Waals surface area (Å²) in [5.41, 5.74) is -0.473. The number of rotatable bonds is 4. The number of carbonyl (C=O) groups is 2. The average Bonchev–Trinajstić information content (AvgIpc) is 2.94. The maximum Gasteiger partial charge on any atom is 0.410 e. The van der Waals surface area contributed by atoms with Gasteiger partial charge in [-0.2, -0.15) is 0 Å². The molecule has 7 nitrogen and oxygen atoms in total. The van der Waals surface area contributed by atoms with Gasteiger partial charge in [0.15, 0.2) is 0 Å². The Bertz CT molecular complexity index is 441. The monoisotopic (exact) mass is 342 g/mol. The number of methoxy groups -OCH3 is 1. The van der Waals surface area contributed by atoms with Crippen molar-refractivity contribution < 1.29 is 23.8 Å².